The number of aryl methyl sites for hydroxylation is 1. The van der Waals surface area contributed by atoms with E-state index in [0.29, 0.717) is 6.42 Å². The van der Waals surface area contributed by atoms with E-state index in [1.807, 2.05) is 48.5 Å². The highest BCUT2D eigenvalue weighted by atomic mass is 16.5. The van der Waals surface area contributed by atoms with E-state index in [9.17, 15) is 9.59 Å². The molecule has 3 rings (SSSR count). The number of carbonyl (C=O) groups excluding carboxylic acids is 2. The zero-order valence-corrected chi connectivity index (χ0v) is 13.9. The van der Waals surface area contributed by atoms with Crippen LogP contribution in [0.1, 0.15) is 39.9 Å². The molecule has 0 atom stereocenters. The number of benzene rings is 2. The van der Waals surface area contributed by atoms with E-state index in [4.69, 9.17) is 4.74 Å². The summed E-state index contributed by atoms with van der Waals surface area (Å²) in [4.78, 5) is 23.5. The molecule has 126 valence electrons. The van der Waals surface area contributed by atoms with Gasteiger partial charge < -0.3 is 10.1 Å². The Kier molecular flexibility index (Phi) is 5.48. The van der Waals surface area contributed by atoms with Gasteiger partial charge in [0.1, 0.15) is 6.61 Å². The number of hydrogen-bond donors (Lipinski definition) is 1. The molecule has 0 saturated heterocycles. The molecule has 0 unspecified atom stereocenters. The minimum atomic E-state index is -0.501. The zero-order valence-electron chi connectivity index (χ0n) is 13.9. The maximum atomic E-state index is 11.9. The predicted octanol–water partition coefficient (Wildman–Crippen LogP) is 3.48. The number of rotatable bonds is 3. The number of nitrogens with one attached hydrogen (secondary N) is 1. The average molecular weight is 333 g/mol. The molecule has 2 aromatic carbocycles. The fourth-order valence-electron chi connectivity index (χ4n) is 2.74. The fraction of sp³-hybridized carbons (Fsp3) is 0.238. The van der Waals surface area contributed by atoms with Crippen molar-refractivity contribution in [3.63, 3.8) is 0 Å². The monoisotopic (exact) mass is 333 g/mol. The molecule has 2 aromatic rings. The van der Waals surface area contributed by atoms with Crippen molar-refractivity contribution in [1.29, 1.82) is 0 Å². The molecule has 1 aliphatic rings. The lowest BCUT2D eigenvalue weighted by atomic mass is 9.89. The Balaban J connectivity index is 1.49. The number of hydrogen-bond acceptors (Lipinski definition) is 3. The SMILES string of the molecule is O=C(NCC#Cc1ccc2c(c1)C(=O)CCC2)OCc1ccccc1. The highest BCUT2D eigenvalue weighted by Crippen LogP contribution is 2.21. The van der Waals surface area contributed by atoms with E-state index in [1.54, 1.807) is 0 Å². The van der Waals surface area contributed by atoms with Crippen molar-refractivity contribution in [2.45, 2.75) is 25.9 Å². The molecule has 0 radical (unpaired) electrons. The van der Waals surface area contributed by atoms with Crippen LogP contribution in [0.15, 0.2) is 48.5 Å². The number of carbonyl (C=O) groups is 2. The van der Waals surface area contributed by atoms with Gasteiger partial charge in [-0.2, -0.15) is 0 Å². The zero-order chi connectivity index (χ0) is 17.5. The van der Waals surface area contributed by atoms with Crippen LogP contribution in [0, 0.1) is 11.8 Å². The lowest BCUT2D eigenvalue weighted by Gasteiger charge is -2.14. The normalized spacial score (nSPS) is 12.6. The van der Waals surface area contributed by atoms with Crippen LogP contribution in [0.3, 0.4) is 0 Å². The van der Waals surface area contributed by atoms with E-state index < -0.39 is 6.09 Å². The number of alkyl carbamates (subject to hydrolysis) is 1. The van der Waals surface area contributed by atoms with E-state index in [2.05, 4.69) is 17.2 Å². The first-order chi connectivity index (χ1) is 12.2. The summed E-state index contributed by atoms with van der Waals surface area (Å²) in [5.41, 5.74) is 3.61. The third kappa shape index (κ3) is 4.71. The summed E-state index contributed by atoms with van der Waals surface area (Å²) in [5, 5.41) is 2.59. The molecule has 4 nitrogen and oxygen atoms in total. The van der Waals surface area contributed by atoms with Crippen molar-refractivity contribution in [3.05, 3.63) is 70.8 Å². The van der Waals surface area contributed by atoms with Gasteiger partial charge in [-0.15, -0.1) is 0 Å². The summed E-state index contributed by atoms with van der Waals surface area (Å²) < 4.78 is 5.11. The van der Waals surface area contributed by atoms with E-state index >= 15 is 0 Å². The highest BCUT2D eigenvalue weighted by molar-refractivity contribution is 5.98. The molecule has 0 heterocycles. The topological polar surface area (TPSA) is 55.4 Å². The molecule has 1 N–H and O–H groups in total. The van der Waals surface area contributed by atoms with Crippen molar-refractivity contribution >= 4 is 11.9 Å². The van der Waals surface area contributed by atoms with Crippen molar-refractivity contribution in [2.75, 3.05) is 6.54 Å². The first kappa shape index (κ1) is 16.8. The molecule has 0 bridgehead atoms. The molecule has 4 heteroatoms. The highest BCUT2D eigenvalue weighted by Gasteiger charge is 2.16. The van der Waals surface area contributed by atoms with Crippen LogP contribution in [-0.4, -0.2) is 18.4 Å². The molecular formula is C21H19NO3. The van der Waals surface area contributed by atoms with Crippen molar-refractivity contribution in [3.8, 4) is 11.8 Å². The van der Waals surface area contributed by atoms with Crippen molar-refractivity contribution in [1.82, 2.24) is 5.32 Å². The summed E-state index contributed by atoms with van der Waals surface area (Å²) in [7, 11) is 0. The van der Waals surface area contributed by atoms with Gasteiger partial charge >= 0.3 is 6.09 Å². The maximum absolute atomic E-state index is 11.9. The van der Waals surface area contributed by atoms with Gasteiger partial charge in [0.2, 0.25) is 0 Å². The number of ether oxygens (including phenoxy) is 1. The number of ketones is 1. The van der Waals surface area contributed by atoms with E-state index in [1.165, 1.54) is 0 Å². The Morgan fingerprint density at radius 2 is 1.96 bits per heavy atom. The number of Topliss-reactive ketones (excluding diaryl/α,β-unsaturated/α-hetero) is 1. The minimum absolute atomic E-state index is 0.188. The average Bonchev–Trinajstić information content (AvgIpc) is 2.65. The lowest BCUT2D eigenvalue weighted by molar-refractivity contribution is 0.0972. The summed E-state index contributed by atoms with van der Waals surface area (Å²) in [5.74, 6) is 6.04. The van der Waals surface area contributed by atoms with Crippen LogP contribution < -0.4 is 5.32 Å². The van der Waals surface area contributed by atoms with Crippen LogP contribution in [0.25, 0.3) is 0 Å². The van der Waals surface area contributed by atoms with Gasteiger partial charge in [0.15, 0.2) is 5.78 Å². The quantitative estimate of drug-likeness (QED) is 0.875. The summed E-state index contributed by atoms with van der Waals surface area (Å²) in [6, 6.07) is 15.2. The first-order valence-corrected chi connectivity index (χ1v) is 8.32. The molecule has 1 amide bonds. The third-order valence-electron chi connectivity index (χ3n) is 4.03. The number of fused-ring (bicyclic) bond motifs is 1. The van der Waals surface area contributed by atoms with Crippen molar-refractivity contribution in [2.24, 2.45) is 0 Å². The summed E-state index contributed by atoms with van der Waals surface area (Å²) >= 11 is 0. The Morgan fingerprint density at radius 3 is 2.80 bits per heavy atom. The Bertz CT molecular complexity index is 831. The van der Waals surface area contributed by atoms with Gasteiger partial charge in [-0.25, -0.2) is 4.79 Å². The first-order valence-electron chi connectivity index (χ1n) is 8.32. The molecule has 0 fully saturated rings. The van der Waals surface area contributed by atoms with Gasteiger partial charge in [-0.3, -0.25) is 4.79 Å². The minimum Gasteiger partial charge on any atom is -0.445 e. The van der Waals surface area contributed by atoms with Crippen molar-refractivity contribution < 1.29 is 14.3 Å². The molecule has 0 aliphatic heterocycles. The maximum Gasteiger partial charge on any atom is 0.408 e. The Labute approximate surface area is 147 Å². The second-order valence-corrected chi connectivity index (χ2v) is 5.87. The van der Waals surface area contributed by atoms with Crippen LogP contribution in [0.4, 0.5) is 4.79 Å². The van der Waals surface area contributed by atoms with E-state index in [-0.39, 0.29) is 18.9 Å². The third-order valence-corrected chi connectivity index (χ3v) is 4.03. The number of amides is 1. The second-order valence-electron chi connectivity index (χ2n) is 5.87. The molecule has 1 aliphatic carbocycles. The van der Waals surface area contributed by atoms with E-state index in [0.717, 1.165) is 35.1 Å². The molecule has 0 saturated carbocycles. The molecule has 25 heavy (non-hydrogen) atoms. The molecular weight excluding hydrogens is 314 g/mol. The van der Waals surface area contributed by atoms with Crippen LogP contribution in [0.2, 0.25) is 0 Å². The van der Waals surface area contributed by atoms with Crippen LogP contribution in [-0.2, 0) is 17.8 Å². The predicted molar refractivity (Wildman–Crippen MR) is 95.2 cm³/mol. The van der Waals surface area contributed by atoms with Gasteiger partial charge in [-0.05, 0) is 36.1 Å². The summed E-state index contributed by atoms with van der Waals surface area (Å²) in [6.45, 7) is 0.422. The Morgan fingerprint density at radius 1 is 1.12 bits per heavy atom. The summed E-state index contributed by atoms with van der Waals surface area (Å²) in [6.07, 6.45) is 1.98. The Hall–Kier alpha value is -3.06. The molecule has 0 aromatic heterocycles. The van der Waals surface area contributed by atoms with Gasteiger partial charge in [0.05, 0.1) is 6.54 Å². The smallest absolute Gasteiger partial charge is 0.408 e. The second kappa shape index (κ2) is 8.16. The largest absolute Gasteiger partial charge is 0.445 e. The fourth-order valence-corrected chi connectivity index (χ4v) is 2.74. The standard InChI is InChI=1S/C21H19NO3/c23-20-10-4-9-18-12-11-16(14-19(18)20)8-5-13-22-21(24)25-15-17-6-2-1-3-7-17/h1-3,6-7,11-12,14H,4,9-10,13,15H2,(H,22,24). The van der Waals surface area contributed by atoms with Gasteiger partial charge in [0, 0.05) is 17.5 Å². The van der Waals surface area contributed by atoms with Gasteiger partial charge in [-0.1, -0.05) is 48.2 Å². The van der Waals surface area contributed by atoms with Crippen LogP contribution in [0.5, 0.6) is 0 Å². The lowest BCUT2D eigenvalue weighted by Crippen LogP contribution is -2.24. The molecule has 0 spiro atoms. The van der Waals surface area contributed by atoms with Crippen LogP contribution >= 0.6 is 0 Å². The van der Waals surface area contributed by atoms with Gasteiger partial charge in [0.25, 0.3) is 0 Å².